The van der Waals surface area contributed by atoms with Crippen molar-refractivity contribution in [1.29, 1.82) is 0 Å². The zero-order valence-corrected chi connectivity index (χ0v) is 25.0. The molecule has 1 atom stereocenters. The molecule has 2 aromatic heterocycles. The molecule has 0 spiro atoms. The Kier molecular flexibility index (Phi) is 7.71. The van der Waals surface area contributed by atoms with Crippen LogP contribution < -0.4 is 19.6 Å². The zero-order chi connectivity index (χ0) is 31.0. The van der Waals surface area contributed by atoms with Crippen molar-refractivity contribution in [2.75, 3.05) is 13.7 Å². The third-order valence-electron chi connectivity index (χ3n) is 7.59. The average molecular weight is 609 g/mol. The molecule has 0 N–H and O–H groups in total. The highest BCUT2D eigenvalue weighted by Gasteiger charge is 2.33. The number of nitro groups is 1. The summed E-state index contributed by atoms with van der Waals surface area (Å²) in [6.07, 6.45) is 1.78. The van der Waals surface area contributed by atoms with Crippen molar-refractivity contribution in [2.45, 2.75) is 26.4 Å². The van der Waals surface area contributed by atoms with Gasteiger partial charge in [-0.15, -0.1) is 0 Å². The molecule has 44 heavy (non-hydrogen) atoms. The maximum absolute atomic E-state index is 14.2. The third kappa shape index (κ3) is 5.11. The standard InChI is InChI=1S/C33H28N4O6S/c1-4-43-32(39)29-20(2)34-33-36(30(29)21-13-15-25(42-3)16-14-21)31(38)28(44-33)18-24-17-22-9-5-7-11-26(22)35(24)19-23-10-6-8-12-27(23)37(40)41/h5-18,30H,4,19H2,1-3H3/b28-18+/t30-/m1/s1. The van der Waals surface area contributed by atoms with Gasteiger partial charge in [-0.25, -0.2) is 9.79 Å². The van der Waals surface area contributed by atoms with E-state index in [2.05, 4.69) is 4.99 Å². The first kappa shape index (κ1) is 28.8. The third-order valence-corrected chi connectivity index (χ3v) is 8.57. The predicted octanol–water partition coefficient (Wildman–Crippen LogP) is 4.72. The van der Waals surface area contributed by atoms with E-state index in [-0.39, 0.29) is 29.3 Å². The number of hydrogen-bond donors (Lipinski definition) is 0. The second kappa shape index (κ2) is 11.8. The Balaban J connectivity index is 1.54. The SMILES string of the molecule is CCOC(=O)C1=C(C)N=c2s/c(=C/c3cc4ccccc4n3Cc3ccccc3[N+](=O)[O-])c(=O)n2[C@@H]1c1ccc(OC)cc1. The van der Waals surface area contributed by atoms with Crippen LogP contribution in [0.1, 0.15) is 36.7 Å². The van der Waals surface area contributed by atoms with E-state index in [0.717, 1.165) is 10.9 Å². The van der Waals surface area contributed by atoms with Crippen molar-refractivity contribution < 1.29 is 19.2 Å². The molecule has 10 nitrogen and oxygen atoms in total. The number of nitrogens with zero attached hydrogens (tertiary/aromatic N) is 4. The molecule has 1 aliphatic heterocycles. The zero-order valence-electron chi connectivity index (χ0n) is 24.2. The normalized spacial score (nSPS) is 14.8. The first-order chi connectivity index (χ1) is 21.3. The molecule has 222 valence electrons. The number of carbonyl (C=O) groups is 1. The molecule has 3 heterocycles. The number of benzene rings is 3. The fourth-order valence-electron chi connectivity index (χ4n) is 5.55. The molecule has 6 rings (SSSR count). The van der Waals surface area contributed by atoms with Gasteiger partial charge in [-0.3, -0.25) is 19.5 Å². The van der Waals surface area contributed by atoms with Crippen LogP contribution in [-0.4, -0.2) is 33.7 Å². The Hall–Kier alpha value is -5.29. The molecule has 0 saturated carbocycles. The van der Waals surface area contributed by atoms with Gasteiger partial charge in [-0.1, -0.05) is 59.9 Å². The van der Waals surface area contributed by atoms with E-state index in [0.29, 0.717) is 43.2 Å². The van der Waals surface area contributed by atoms with Gasteiger partial charge in [0.15, 0.2) is 4.80 Å². The Morgan fingerprint density at radius 3 is 2.55 bits per heavy atom. The van der Waals surface area contributed by atoms with Gasteiger partial charge in [-0.2, -0.15) is 0 Å². The molecular weight excluding hydrogens is 580 g/mol. The molecule has 0 unspecified atom stereocenters. The topological polar surface area (TPSA) is 118 Å². The van der Waals surface area contributed by atoms with E-state index in [4.69, 9.17) is 9.47 Å². The molecule has 0 amide bonds. The number of para-hydroxylation sites is 2. The lowest BCUT2D eigenvalue weighted by Gasteiger charge is -2.24. The summed E-state index contributed by atoms with van der Waals surface area (Å²) in [5, 5.41) is 12.7. The quantitative estimate of drug-likeness (QED) is 0.143. The Bertz CT molecular complexity index is 2140. The van der Waals surface area contributed by atoms with Gasteiger partial charge >= 0.3 is 5.97 Å². The number of rotatable bonds is 8. The maximum Gasteiger partial charge on any atom is 0.338 e. The highest BCUT2D eigenvalue weighted by Crippen LogP contribution is 2.32. The number of carbonyl (C=O) groups excluding carboxylic acids is 1. The molecule has 0 saturated heterocycles. The minimum Gasteiger partial charge on any atom is -0.497 e. The highest BCUT2D eigenvalue weighted by atomic mass is 32.1. The minimum absolute atomic E-state index is 0.0251. The maximum atomic E-state index is 14.2. The highest BCUT2D eigenvalue weighted by molar-refractivity contribution is 7.07. The van der Waals surface area contributed by atoms with Crippen molar-refractivity contribution in [1.82, 2.24) is 9.13 Å². The van der Waals surface area contributed by atoms with Crippen molar-refractivity contribution >= 4 is 40.0 Å². The summed E-state index contributed by atoms with van der Waals surface area (Å²) < 4.78 is 14.6. The summed E-state index contributed by atoms with van der Waals surface area (Å²) in [7, 11) is 1.57. The molecule has 0 radical (unpaired) electrons. The Morgan fingerprint density at radius 2 is 1.82 bits per heavy atom. The number of hydrogen-bond acceptors (Lipinski definition) is 8. The molecule has 0 fully saturated rings. The van der Waals surface area contributed by atoms with Gasteiger partial charge < -0.3 is 14.0 Å². The average Bonchev–Trinajstić information content (AvgIpc) is 3.52. The van der Waals surface area contributed by atoms with Crippen molar-refractivity contribution in [2.24, 2.45) is 4.99 Å². The van der Waals surface area contributed by atoms with Gasteiger partial charge in [0.1, 0.15) is 5.75 Å². The van der Waals surface area contributed by atoms with Gasteiger partial charge in [0.25, 0.3) is 11.2 Å². The molecular formula is C33H28N4O6S. The van der Waals surface area contributed by atoms with Crippen molar-refractivity contribution in [3.05, 3.63) is 137 Å². The minimum atomic E-state index is -0.754. The number of thiazole rings is 1. The number of methoxy groups -OCH3 is 1. The molecule has 1 aliphatic rings. The summed E-state index contributed by atoms with van der Waals surface area (Å²) in [6.45, 7) is 3.88. The first-order valence-corrected chi connectivity index (χ1v) is 14.8. The van der Waals surface area contributed by atoms with E-state index >= 15 is 0 Å². The fourth-order valence-corrected chi connectivity index (χ4v) is 6.58. The summed E-state index contributed by atoms with van der Waals surface area (Å²) in [4.78, 5) is 43.9. The second-order valence-electron chi connectivity index (χ2n) is 10.2. The van der Waals surface area contributed by atoms with Crippen LogP contribution in [0.2, 0.25) is 0 Å². The van der Waals surface area contributed by atoms with E-state index in [9.17, 15) is 19.7 Å². The number of nitro benzene ring substituents is 1. The van der Waals surface area contributed by atoms with Crippen molar-refractivity contribution in [3.63, 3.8) is 0 Å². The summed E-state index contributed by atoms with van der Waals surface area (Å²) in [5.41, 5.74) is 3.32. The van der Waals surface area contributed by atoms with Gasteiger partial charge in [0, 0.05) is 28.2 Å². The van der Waals surface area contributed by atoms with Crippen LogP contribution in [0.15, 0.2) is 99.9 Å². The second-order valence-corrected chi connectivity index (χ2v) is 11.2. The molecule has 0 aliphatic carbocycles. The van der Waals surface area contributed by atoms with E-state index in [1.165, 1.54) is 22.0 Å². The van der Waals surface area contributed by atoms with Gasteiger partial charge in [-0.05, 0) is 49.8 Å². The lowest BCUT2D eigenvalue weighted by Crippen LogP contribution is -2.40. The van der Waals surface area contributed by atoms with E-state index in [1.807, 2.05) is 47.0 Å². The predicted molar refractivity (Wildman–Crippen MR) is 168 cm³/mol. The van der Waals surface area contributed by atoms with E-state index < -0.39 is 12.0 Å². The van der Waals surface area contributed by atoms with Crippen LogP contribution in [0.3, 0.4) is 0 Å². The fraction of sp³-hybridized carbons (Fsp3) is 0.182. The van der Waals surface area contributed by atoms with Crippen molar-refractivity contribution in [3.8, 4) is 5.75 Å². The first-order valence-electron chi connectivity index (χ1n) is 13.9. The number of allylic oxidation sites excluding steroid dienone is 1. The molecule has 11 heteroatoms. The lowest BCUT2D eigenvalue weighted by atomic mass is 9.96. The smallest absolute Gasteiger partial charge is 0.338 e. The summed E-state index contributed by atoms with van der Waals surface area (Å²) in [6, 6.07) is 22.8. The number of ether oxygens (including phenoxy) is 2. The van der Waals surface area contributed by atoms with E-state index in [1.54, 1.807) is 57.4 Å². The molecule has 5 aromatic rings. The van der Waals surface area contributed by atoms with Gasteiger partial charge in [0.2, 0.25) is 0 Å². The number of fused-ring (bicyclic) bond motifs is 2. The van der Waals surface area contributed by atoms with Crippen LogP contribution in [0.5, 0.6) is 5.75 Å². The Labute approximate surface area is 255 Å². The van der Waals surface area contributed by atoms with Gasteiger partial charge in [0.05, 0.1) is 47.0 Å². The lowest BCUT2D eigenvalue weighted by molar-refractivity contribution is -0.385. The molecule has 3 aromatic carbocycles. The van der Waals surface area contributed by atoms with Crippen LogP contribution in [0.25, 0.3) is 17.0 Å². The van der Waals surface area contributed by atoms with Crippen LogP contribution in [0.4, 0.5) is 5.69 Å². The number of esters is 1. The molecule has 0 bridgehead atoms. The summed E-state index contributed by atoms with van der Waals surface area (Å²) in [5.74, 6) is 0.111. The monoisotopic (exact) mass is 608 g/mol. The number of aromatic nitrogens is 2. The Morgan fingerprint density at radius 1 is 1.09 bits per heavy atom. The van der Waals surface area contributed by atoms with Crippen LogP contribution >= 0.6 is 11.3 Å². The summed E-state index contributed by atoms with van der Waals surface area (Å²) >= 11 is 1.22. The van der Waals surface area contributed by atoms with Crippen LogP contribution in [-0.2, 0) is 16.1 Å². The van der Waals surface area contributed by atoms with Crippen LogP contribution in [0, 0.1) is 10.1 Å². The largest absolute Gasteiger partial charge is 0.497 e.